The van der Waals surface area contributed by atoms with Crippen molar-refractivity contribution in [3.63, 3.8) is 0 Å². The average Bonchev–Trinajstić information content (AvgIpc) is 2.72. The van der Waals surface area contributed by atoms with Gasteiger partial charge in [0.1, 0.15) is 0 Å². The monoisotopic (exact) mass is 452 g/mol. The van der Waals surface area contributed by atoms with Gasteiger partial charge in [-0.25, -0.2) is 0 Å². The van der Waals surface area contributed by atoms with Gasteiger partial charge < -0.3 is 5.32 Å². The molecule has 32 heavy (non-hydrogen) atoms. The van der Waals surface area contributed by atoms with Gasteiger partial charge in [-0.05, 0) is 59.8 Å². The third-order valence-corrected chi connectivity index (χ3v) is 6.51. The van der Waals surface area contributed by atoms with E-state index in [-0.39, 0.29) is 0 Å². The second-order valence-corrected chi connectivity index (χ2v) is 10.4. The SMILES string of the molecule is CC(=Nc1c(C(C)C)cccc1C(C)C)/C(Cl)=C(\C)Nc1c(C(C)C)cccc1C(C)C. The fraction of sp³-hybridized carbons (Fsp3) is 0.483. The quantitative estimate of drug-likeness (QED) is 0.396. The van der Waals surface area contributed by atoms with Crippen LogP contribution in [-0.4, -0.2) is 5.71 Å². The number of nitrogens with one attached hydrogen (secondary N) is 1. The largest absolute Gasteiger partial charge is 0.357 e. The Morgan fingerprint density at radius 2 is 1.06 bits per heavy atom. The zero-order chi connectivity index (χ0) is 24.2. The highest BCUT2D eigenvalue weighted by Crippen LogP contribution is 2.36. The Hall–Kier alpha value is -2.06. The van der Waals surface area contributed by atoms with Gasteiger partial charge in [0, 0.05) is 11.4 Å². The zero-order valence-corrected chi connectivity index (χ0v) is 22.4. The molecule has 0 saturated heterocycles. The molecule has 2 nitrogen and oxygen atoms in total. The van der Waals surface area contributed by atoms with Crippen molar-refractivity contribution in [1.82, 2.24) is 0 Å². The second-order valence-electron chi connectivity index (χ2n) is 9.98. The van der Waals surface area contributed by atoms with Crippen LogP contribution in [0.15, 0.2) is 52.1 Å². The number of anilines is 1. The first-order chi connectivity index (χ1) is 15.0. The molecule has 0 spiro atoms. The summed E-state index contributed by atoms with van der Waals surface area (Å²) in [5.74, 6) is 1.63. The number of para-hydroxylation sites is 2. The maximum absolute atomic E-state index is 6.90. The molecule has 0 aliphatic carbocycles. The summed E-state index contributed by atoms with van der Waals surface area (Å²) in [6, 6.07) is 13.1. The second kappa shape index (κ2) is 11.2. The van der Waals surface area contributed by atoms with Crippen LogP contribution in [0, 0.1) is 0 Å². The van der Waals surface area contributed by atoms with E-state index >= 15 is 0 Å². The maximum Gasteiger partial charge on any atom is 0.0807 e. The van der Waals surface area contributed by atoms with Crippen molar-refractivity contribution in [2.24, 2.45) is 4.99 Å². The smallest absolute Gasteiger partial charge is 0.0807 e. The molecule has 0 heterocycles. The fourth-order valence-electron chi connectivity index (χ4n) is 4.07. The molecular weight excluding hydrogens is 412 g/mol. The Morgan fingerprint density at radius 3 is 1.44 bits per heavy atom. The number of nitrogens with zero attached hydrogens (tertiary/aromatic N) is 1. The van der Waals surface area contributed by atoms with Crippen molar-refractivity contribution in [2.45, 2.75) is 92.9 Å². The van der Waals surface area contributed by atoms with Crippen molar-refractivity contribution >= 4 is 28.7 Å². The van der Waals surface area contributed by atoms with Gasteiger partial charge >= 0.3 is 0 Å². The first-order valence-corrected chi connectivity index (χ1v) is 12.3. The predicted octanol–water partition coefficient (Wildman–Crippen LogP) is 9.85. The fourth-order valence-corrected chi connectivity index (χ4v) is 4.16. The minimum absolute atomic E-state index is 0.397. The number of aliphatic imine (C=N–C) groups is 1. The van der Waals surface area contributed by atoms with Crippen molar-refractivity contribution in [3.05, 3.63) is 69.4 Å². The highest BCUT2D eigenvalue weighted by Gasteiger charge is 2.17. The van der Waals surface area contributed by atoms with Gasteiger partial charge in [-0.2, -0.15) is 0 Å². The Bertz CT molecular complexity index is 942. The lowest BCUT2D eigenvalue weighted by Crippen LogP contribution is -2.09. The van der Waals surface area contributed by atoms with Crippen molar-refractivity contribution < 1.29 is 0 Å². The van der Waals surface area contributed by atoms with Crippen LogP contribution in [0.3, 0.4) is 0 Å². The molecule has 0 aliphatic rings. The van der Waals surface area contributed by atoms with E-state index in [1.807, 2.05) is 13.8 Å². The molecular formula is C29H41ClN2. The molecule has 2 aromatic carbocycles. The Balaban J connectivity index is 2.56. The van der Waals surface area contributed by atoms with Crippen molar-refractivity contribution in [3.8, 4) is 0 Å². The number of hydrogen-bond donors (Lipinski definition) is 1. The molecule has 0 aliphatic heterocycles. The number of hydrogen-bond acceptors (Lipinski definition) is 2. The summed E-state index contributed by atoms with van der Waals surface area (Å²) in [6.07, 6.45) is 0. The summed E-state index contributed by atoms with van der Waals surface area (Å²) in [7, 11) is 0. The first kappa shape index (κ1) is 26.2. The Morgan fingerprint density at radius 1 is 0.688 bits per heavy atom. The molecule has 0 bridgehead atoms. The van der Waals surface area contributed by atoms with Crippen molar-refractivity contribution in [1.29, 1.82) is 0 Å². The van der Waals surface area contributed by atoms with Gasteiger partial charge in [-0.3, -0.25) is 4.99 Å². The van der Waals surface area contributed by atoms with Gasteiger partial charge in [0.2, 0.25) is 0 Å². The van der Waals surface area contributed by atoms with Crippen LogP contribution in [-0.2, 0) is 0 Å². The molecule has 0 aromatic heterocycles. The number of allylic oxidation sites excluding steroid dienone is 2. The summed E-state index contributed by atoms with van der Waals surface area (Å²) < 4.78 is 0. The van der Waals surface area contributed by atoms with E-state index in [1.54, 1.807) is 0 Å². The summed E-state index contributed by atoms with van der Waals surface area (Å²) in [6.45, 7) is 21.8. The summed E-state index contributed by atoms with van der Waals surface area (Å²) in [4.78, 5) is 5.07. The van der Waals surface area contributed by atoms with E-state index in [4.69, 9.17) is 16.6 Å². The van der Waals surface area contributed by atoms with E-state index < -0.39 is 0 Å². The highest BCUT2D eigenvalue weighted by molar-refractivity contribution is 6.43. The van der Waals surface area contributed by atoms with Crippen LogP contribution in [0.2, 0.25) is 0 Å². The first-order valence-electron chi connectivity index (χ1n) is 11.9. The molecule has 0 unspecified atom stereocenters. The molecule has 1 N–H and O–H groups in total. The van der Waals surface area contributed by atoms with E-state index in [9.17, 15) is 0 Å². The van der Waals surface area contributed by atoms with Gasteiger partial charge in [0.15, 0.2) is 0 Å². The zero-order valence-electron chi connectivity index (χ0n) is 21.6. The number of halogens is 1. The van der Waals surface area contributed by atoms with Gasteiger partial charge in [-0.15, -0.1) is 0 Å². The van der Waals surface area contributed by atoms with E-state index in [1.165, 1.54) is 27.9 Å². The minimum Gasteiger partial charge on any atom is -0.357 e. The summed E-state index contributed by atoms with van der Waals surface area (Å²) >= 11 is 6.90. The summed E-state index contributed by atoms with van der Waals surface area (Å²) in [5.41, 5.74) is 9.13. The molecule has 0 fully saturated rings. The Labute approximate surface area is 201 Å². The standard InChI is InChI=1S/C29H41ClN2/c1-17(2)23-13-11-14-24(18(3)4)28(23)31-21(9)27(30)22(10)32-29-25(19(5)6)15-12-16-26(29)20(7)8/h11-20,31H,1-10H3/b27-21-,32-22?. The summed E-state index contributed by atoms with van der Waals surface area (Å²) in [5, 5.41) is 4.32. The van der Waals surface area contributed by atoms with Gasteiger partial charge in [0.05, 0.1) is 16.4 Å². The van der Waals surface area contributed by atoms with Crippen LogP contribution in [0.5, 0.6) is 0 Å². The average molecular weight is 453 g/mol. The number of rotatable bonds is 8. The maximum atomic E-state index is 6.90. The molecule has 174 valence electrons. The predicted molar refractivity (Wildman–Crippen MR) is 144 cm³/mol. The Kier molecular flexibility index (Phi) is 9.16. The third kappa shape index (κ3) is 6.04. The van der Waals surface area contributed by atoms with Crippen LogP contribution in [0.4, 0.5) is 11.4 Å². The molecule has 2 aromatic rings. The van der Waals surface area contributed by atoms with Crippen LogP contribution in [0.25, 0.3) is 0 Å². The van der Waals surface area contributed by atoms with Crippen LogP contribution in [0.1, 0.15) is 115 Å². The van der Waals surface area contributed by atoms with Gasteiger partial charge in [-0.1, -0.05) is 103 Å². The molecule has 2 rings (SSSR count). The lowest BCUT2D eigenvalue weighted by molar-refractivity contribution is 0.834. The van der Waals surface area contributed by atoms with E-state index in [0.717, 1.165) is 17.1 Å². The normalized spacial score (nSPS) is 13.4. The molecule has 0 saturated carbocycles. The molecule has 0 radical (unpaired) electrons. The lowest BCUT2D eigenvalue weighted by Gasteiger charge is -2.22. The lowest BCUT2D eigenvalue weighted by atomic mass is 9.92. The highest BCUT2D eigenvalue weighted by atomic mass is 35.5. The van der Waals surface area contributed by atoms with E-state index in [0.29, 0.717) is 28.7 Å². The molecule has 0 atom stereocenters. The van der Waals surface area contributed by atoms with E-state index in [2.05, 4.69) is 97.1 Å². The number of benzene rings is 2. The van der Waals surface area contributed by atoms with Gasteiger partial charge in [0.25, 0.3) is 0 Å². The topological polar surface area (TPSA) is 24.4 Å². The molecule has 0 amide bonds. The van der Waals surface area contributed by atoms with Crippen LogP contribution >= 0.6 is 11.6 Å². The van der Waals surface area contributed by atoms with Crippen LogP contribution < -0.4 is 5.32 Å². The molecule has 3 heteroatoms. The van der Waals surface area contributed by atoms with Crippen molar-refractivity contribution in [2.75, 3.05) is 5.32 Å². The third-order valence-electron chi connectivity index (χ3n) is 5.95. The minimum atomic E-state index is 0.397.